The first kappa shape index (κ1) is 10.8. The summed E-state index contributed by atoms with van der Waals surface area (Å²) in [7, 11) is 0. The molecule has 1 rings (SSSR count). The summed E-state index contributed by atoms with van der Waals surface area (Å²) >= 11 is 0. The molecule has 2 nitrogen and oxygen atoms in total. The molecule has 0 spiro atoms. The maximum atomic E-state index is 5.83. The Bertz CT molecular complexity index is 307. The van der Waals surface area contributed by atoms with E-state index in [0.717, 1.165) is 11.3 Å². The third-order valence-corrected chi connectivity index (χ3v) is 2.05. The predicted octanol–water partition coefficient (Wildman–Crippen LogP) is 2.66. The van der Waals surface area contributed by atoms with Crippen molar-refractivity contribution in [3.63, 3.8) is 0 Å². The van der Waals surface area contributed by atoms with Gasteiger partial charge in [-0.15, -0.1) is 0 Å². The van der Waals surface area contributed by atoms with Gasteiger partial charge in [0, 0.05) is 11.6 Å². The van der Waals surface area contributed by atoms with Gasteiger partial charge in [-0.05, 0) is 19.9 Å². The third-order valence-electron chi connectivity index (χ3n) is 2.05. The van der Waals surface area contributed by atoms with Crippen LogP contribution in [0, 0.1) is 0 Å². The first-order valence-corrected chi connectivity index (χ1v) is 4.79. The van der Waals surface area contributed by atoms with Crippen molar-refractivity contribution >= 4 is 0 Å². The van der Waals surface area contributed by atoms with Crippen LogP contribution in [0.15, 0.2) is 36.9 Å². The molecule has 0 aliphatic heterocycles. The van der Waals surface area contributed by atoms with Crippen LogP contribution in [-0.2, 0) is 0 Å². The highest BCUT2D eigenvalue weighted by atomic mass is 16.5. The van der Waals surface area contributed by atoms with Gasteiger partial charge in [-0.25, -0.2) is 0 Å². The Morgan fingerprint density at radius 1 is 1.36 bits per heavy atom. The Kier molecular flexibility index (Phi) is 3.72. The predicted molar refractivity (Wildman–Crippen MR) is 59.3 cm³/mol. The molecule has 0 aliphatic carbocycles. The summed E-state index contributed by atoms with van der Waals surface area (Å²) in [6, 6.07) is 7.80. The van der Waals surface area contributed by atoms with Crippen LogP contribution in [0.5, 0.6) is 5.75 Å². The molecule has 2 N–H and O–H groups in total. The van der Waals surface area contributed by atoms with Crippen molar-refractivity contribution in [2.75, 3.05) is 0 Å². The Balaban J connectivity index is 2.89. The Hall–Kier alpha value is -1.28. The van der Waals surface area contributed by atoms with Gasteiger partial charge < -0.3 is 10.5 Å². The summed E-state index contributed by atoms with van der Waals surface area (Å²) in [5.74, 6) is 0.843. The quantitative estimate of drug-likeness (QED) is 0.742. The fourth-order valence-corrected chi connectivity index (χ4v) is 1.21. The summed E-state index contributed by atoms with van der Waals surface area (Å²) in [4.78, 5) is 0. The number of hydrogen-bond acceptors (Lipinski definition) is 2. The lowest BCUT2D eigenvalue weighted by Crippen LogP contribution is -2.12. The molecule has 0 fully saturated rings. The monoisotopic (exact) mass is 191 g/mol. The fraction of sp³-hybridized carbons (Fsp3) is 0.333. The highest BCUT2D eigenvalue weighted by Crippen LogP contribution is 2.24. The lowest BCUT2D eigenvalue weighted by atomic mass is 10.1. The van der Waals surface area contributed by atoms with Crippen molar-refractivity contribution in [3.05, 3.63) is 42.5 Å². The topological polar surface area (TPSA) is 35.2 Å². The van der Waals surface area contributed by atoms with E-state index in [2.05, 4.69) is 6.58 Å². The van der Waals surface area contributed by atoms with Gasteiger partial charge >= 0.3 is 0 Å². The van der Waals surface area contributed by atoms with Crippen LogP contribution >= 0.6 is 0 Å². The standard InChI is InChI=1S/C12H17NO/c1-4-9(2)14-12-8-6-5-7-11(12)10(3)13/h4-10H,1,13H2,2-3H3. The fourth-order valence-electron chi connectivity index (χ4n) is 1.21. The molecule has 0 aliphatic rings. The van der Waals surface area contributed by atoms with Gasteiger partial charge in [0.05, 0.1) is 0 Å². The van der Waals surface area contributed by atoms with Crippen molar-refractivity contribution in [3.8, 4) is 5.75 Å². The van der Waals surface area contributed by atoms with Crippen LogP contribution in [0.4, 0.5) is 0 Å². The maximum Gasteiger partial charge on any atom is 0.124 e. The van der Waals surface area contributed by atoms with Crippen molar-refractivity contribution in [1.82, 2.24) is 0 Å². The minimum Gasteiger partial charge on any atom is -0.486 e. The van der Waals surface area contributed by atoms with Gasteiger partial charge in [0.15, 0.2) is 0 Å². The zero-order chi connectivity index (χ0) is 10.6. The van der Waals surface area contributed by atoms with Gasteiger partial charge in [0.2, 0.25) is 0 Å². The summed E-state index contributed by atoms with van der Waals surface area (Å²) in [6.07, 6.45) is 1.77. The Morgan fingerprint density at radius 3 is 2.57 bits per heavy atom. The summed E-state index contributed by atoms with van der Waals surface area (Å²) in [6.45, 7) is 7.57. The minimum absolute atomic E-state index is 0.00917. The lowest BCUT2D eigenvalue weighted by molar-refractivity contribution is 0.266. The SMILES string of the molecule is C=CC(C)Oc1ccccc1C(C)N. The Morgan fingerprint density at radius 2 is 2.00 bits per heavy atom. The molecule has 1 aromatic carbocycles. The molecule has 0 radical (unpaired) electrons. The lowest BCUT2D eigenvalue weighted by Gasteiger charge is -2.16. The van der Waals surface area contributed by atoms with E-state index in [1.54, 1.807) is 6.08 Å². The number of benzene rings is 1. The molecular formula is C12H17NO. The maximum absolute atomic E-state index is 5.83. The Labute approximate surface area is 85.4 Å². The molecule has 0 aromatic heterocycles. The largest absolute Gasteiger partial charge is 0.486 e. The molecule has 0 bridgehead atoms. The molecule has 0 amide bonds. The molecule has 2 unspecified atom stereocenters. The van der Waals surface area contributed by atoms with E-state index in [4.69, 9.17) is 10.5 Å². The van der Waals surface area contributed by atoms with Crippen LogP contribution in [0.2, 0.25) is 0 Å². The van der Waals surface area contributed by atoms with Crippen LogP contribution in [0.25, 0.3) is 0 Å². The number of para-hydroxylation sites is 1. The van der Waals surface area contributed by atoms with E-state index in [1.807, 2.05) is 38.1 Å². The second-order valence-corrected chi connectivity index (χ2v) is 3.39. The second kappa shape index (κ2) is 4.82. The average Bonchev–Trinajstić information content (AvgIpc) is 2.18. The molecule has 76 valence electrons. The van der Waals surface area contributed by atoms with Gasteiger partial charge in [-0.3, -0.25) is 0 Å². The van der Waals surface area contributed by atoms with Crippen molar-refractivity contribution in [2.45, 2.75) is 26.0 Å². The number of hydrogen-bond donors (Lipinski definition) is 1. The zero-order valence-corrected chi connectivity index (χ0v) is 8.73. The number of ether oxygens (including phenoxy) is 1. The molecule has 0 saturated heterocycles. The van der Waals surface area contributed by atoms with Crippen molar-refractivity contribution in [2.24, 2.45) is 5.73 Å². The highest BCUT2D eigenvalue weighted by molar-refractivity contribution is 5.35. The molecule has 0 heterocycles. The van der Waals surface area contributed by atoms with Crippen LogP contribution in [0.3, 0.4) is 0 Å². The zero-order valence-electron chi connectivity index (χ0n) is 8.73. The average molecular weight is 191 g/mol. The van der Waals surface area contributed by atoms with Gasteiger partial charge in [0.25, 0.3) is 0 Å². The van der Waals surface area contributed by atoms with Gasteiger partial charge in [0.1, 0.15) is 11.9 Å². The normalized spacial score (nSPS) is 14.5. The number of nitrogens with two attached hydrogens (primary N) is 1. The van der Waals surface area contributed by atoms with Gasteiger partial charge in [-0.1, -0.05) is 30.9 Å². The van der Waals surface area contributed by atoms with Crippen molar-refractivity contribution < 1.29 is 4.74 Å². The molecular weight excluding hydrogens is 174 g/mol. The van der Waals surface area contributed by atoms with Crippen LogP contribution < -0.4 is 10.5 Å². The highest BCUT2D eigenvalue weighted by Gasteiger charge is 2.08. The van der Waals surface area contributed by atoms with E-state index in [9.17, 15) is 0 Å². The van der Waals surface area contributed by atoms with E-state index in [-0.39, 0.29) is 12.1 Å². The first-order chi connectivity index (χ1) is 6.65. The molecule has 2 heteroatoms. The summed E-state index contributed by atoms with van der Waals surface area (Å²) in [5.41, 5.74) is 6.85. The van der Waals surface area contributed by atoms with E-state index in [0.29, 0.717) is 0 Å². The summed E-state index contributed by atoms with van der Waals surface area (Å²) < 4.78 is 5.66. The van der Waals surface area contributed by atoms with E-state index >= 15 is 0 Å². The first-order valence-electron chi connectivity index (χ1n) is 4.79. The van der Waals surface area contributed by atoms with Crippen LogP contribution in [0.1, 0.15) is 25.5 Å². The second-order valence-electron chi connectivity index (χ2n) is 3.39. The number of rotatable bonds is 4. The smallest absolute Gasteiger partial charge is 0.124 e. The van der Waals surface area contributed by atoms with Gasteiger partial charge in [-0.2, -0.15) is 0 Å². The van der Waals surface area contributed by atoms with Crippen molar-refractivity contribution in [1.29, 1.82) is 0 Å². The summed E-state index contributed by atoms with van der Waals surface area (Å²) in [5, 5.41) is 0. The minimum atomic E-state index is -0.0109. The van der Waals surface area contributed by atoms with Crippen LogP contribution in [-0.4, -0.2) is 6.10 Å². The molecule has 14 heavy (non-hydrogen) atoms. The van der Waals surface area contributed by atoms with E-state index < -0.39 is 0 Å². The molecule has 1 aromatic rings. The molecule has 2 atom stereocenters. The molecule has 0 saturated carbocycles. The third kappa shape index (κ3) is 2.60. The van der Waals surface area contributed by atoms with E-state index in [1.165, 1.54) is 0 Å².